The van der Waals surface area contributed by atoms with Crippen molar-refractivity contribution < 1.29 is 4.39 Å². The first kappa shape index (κ1) is 10.0. The normalized spacial score (nSPS) is 10.8. The Labute approximate surface area is 84.9 Å². The summed E-state index contributed by atoms with van der Waals surface area (Å²) in [7, 11) is 0. The molecule has 0 N–H and O–H groups in total. The molecule has 1 aromatic carbocycles. The molecule has 0 radical (unpaired) electrons. The zero-order valence-corrected chi connectivity index (χ0v) is 9.21. The van der Waals surface area contributed by atoms with Crippen molar-refractivity contribution in [2.75, 3.05) is 0 Å². The first-order chi connectivity index (χ1) is 5.52. The smallest absolute Gasteiger partial charge is 0.139 e. The Morgan fingerprint density at radius 2 is 2.00 bits per heavy atom. The predicted octanol–water partition coefficient (Wildman–Crippen LogP) is 4.37. The lowest BCUT2D eigenvalue weighted by molar-refractivity contribution is 0.615. The monoisotopic (exact) mass is 250 g/mol. The van der Waals surface area contributed by atoms with Crippen LogP contribution in [-0.4, -0.2) is 0 Å². The van der Waals surface area contributed by atoms with Gasteiger partial charge in [0, 0.05) is 5.02 Å². The van der Waals surface area contributed by atoms with Crippen molar-refractivity contribution in [2.24, 2.45) is 0 Å². The third-order valence-corrected chi connectivity index (χ3v) is 2.70. The van der Waals surface area contributed by atoms with E-state index in [-0.39, 0.29) is 11.7 Å². The van der Waals surface area contributed by atoms with Gasteiger partial charge in [-0.2, -0.15) is 0 Å². The molecule has 0 aliphatic carbocycles. The van der Waals surface area contributed by atoms with Gasteiger partial charge in [-0.1, -0.05) is 25.4 Å². The van der Waals surface area contributed by atoms with Gasteiger partial charge in [0.2, 0.25) is 0 Å². The van der Waals surface area contributed by atoms with Crippen LogP contribution in [0.15, 0.2) is 16.6 Å². The lowest BCUT2D eigenvalue weighted by Crippen LogP contribution is -1.91. The largest absolute Gasteiger partial charge is 0.206 e. The summed E-state index contributed by atoms with van der Waals surface area (Å²) in [6, 6.07) is 3.08. The second-order valence-electron chi connectivity index (χ2n) is 2.95. The van der Waals surface area contributed by atoms with Crippen LogP contribution in [0.25, 0.3) is 0 Å². The Morgan fingerprint density at radius 3 is 2.50 bits per heavy atom. The highest BCUT2D eigenvalue weighted by Crippen LogP contribution is 2.30. The van der Waals surface area contributed by atoms with Crippen LogP contribution >= 0.6 is 27.5 Å². The molecule has 0 aliphatic heterocycles. The quantitative estimate of drug-likeness (QED) is 0.650. The molecule has 0 amide bonds. The summed E-state index contributed by atoms with van der Waals surface area (Å²) < 4.78 is 13.6. The zero-order chi connectivity index (χ0) is 9.30. The van der Waals surface area contributed by atoms with E-state index in [9.17, 15) is 4.39 Å². The first-order valence-electron chi connectivity index (χ1n) is 3.67. The molecule has 0 unspecified atom stereocenters. The lowest BCUT2D eigenvalue weighted by atomic mass is 10.0. The molecule has 0 heterocycles. The third kappa shape index (κ3) is 1.99. The molecule has 0 bridgehead atoms. The van der Waals surface area contributed by atoms with Crippen LogP contribution in [0.4, 0.5) is 4.39 Å². The summed E-state index contributed by atoms with van der Waals surface area (Å²) in [5.41, 5.74) is 0.903. The third-order valence-electron chi connectivity index (χ3n) is 1.64. The van der Waals surface area contributed by atoms with Crippen LogP contribution < -0.4 is 0 Å². The van der Waals surface area contributed by atoms with Gasteiger partial charge in [0.15, 0.2) is 0 Å². The van der Waals surface area contributed by atoms with Gasteiger partial charge in [0.1, 0.15) is 5.82 Å². The van der Waals surface area contributed by atoms with E-state index in [0.29, 0.717) is 9.50 Å². The van der Waals surface area contributed by atoms with Crippen molar-refractivity contribution in [2.45, 2.75) is 19.8 Å². The van der Waals surface area contributed by atoms with Gasteiger partial charge >= 0.3 is 0 Å². The van der Waals surface area contributed by atoms with Crippen molar-refractivity contribution in [1.82, 2.24) is 0 Å². The van der Waals surface area contributed by atoms with Crippen LogP contribution in [0.3, 0.4) is 0 Å². The summed E-state index contributed by atoms with van der Waals surface area (Å²) in [5, 5.41) is 0.444. The molecule has 1 aromatic rings. The summed E-state index contributed by atoms with van der Waals surface area (Å²) in [6.45, 7) is 3.99. The van der Waals surface area contributed by atoms with Gasteiger partial charge in [0.25, 0.3) is 0 Å². The van der Waals surface area contributed by atoms with E-state index in [0.717, 1.165) is 5.56 Å². The van der Waals surface area contributed by atoms with E-state index >= 15 is 0 Å². The fraction of sp³-hybridized carbons (Fsp3) is 0.333. The number of hydrogen-bond acceptors (Lipinski definition) is 0. The molecule has 66 valence electrons. The minimum absolute atomic E-state index is 0.271. The summed E-state index contributed by atoms with van der Waals surface area (Å²) in [4.78, 5) is 0. The van der Waals surface area contributed by atoms with E-state index in [1.54, 1.807) is 6.07 Å². The molecule has 0 aliphatic rings. The van der Waals surface area contributed by atoms with Crippen molar-refractivity contribution in [3.63, 3.8) is 0 Å². The van der Waals surface area contributed by atoms with Crippen molar-refractivity contribution >= 4 is 27.5 Å². The van der Waals surface area contributed by atoms with Crippen molar-refractivity contribution in [3.05, 3.63) is 33.0 Å². The van der Waals surface area contributed by atoms with Crippen LogP contribution in [-0.2, 0) is 0 Å². The first-order valence-corrected chi connectivity index (χ1v) is 4.84. The molecule has 0 nitrogen and oxygen atoms in total. The Morgan fingerprint density at radius 1 is 1.42 bits per heavy atom. The van der Waals surface area contributed by atoms with E-state index in [1.165, 1.54) is 6.07 Å². The second-order valence-corrected chi connectivity index (χ2v) is 4.17. The standard InChI is InChI=1S/C9H9BrClF/c1-5(2)7-3-6(11)4-8(12)9(7)10/h3-5H,1-2H3. The maximum atomic E-state index is 13.1. The zero-order valence-electron chi connectivity index (χ0n) is 6.87. The van der Waals surface area contributed by atoms with E-state index in [4.69, 9.17) is 11.6 Å². The van der Waals surface area contributed by atoms with Crippen LogP contribution in [0, 0.1) is 5.82 Å². The van der Waals surface area contributed by atoms with Gasteiger partial charge in [-0.3, -0.25) is 0 Å². The highest BCUT2D eigenvalue weighted by atomic mass is 79.9. The Hall–Kier alpha value is -0.0800. The fourth-order valence-electron chi connectivity index (χ4n) is 0.996. The summed E-state index contributed by atoms with van der Waals surface area (Å²) in [5.74, 6) is -0.0289. The molecule has 12 heavy (non-hydrogen) atoms. The van der Waals surface area contributed by atoms with Gasteiger partial charge in [-0.05, 0) is 39.5 Å². The minimum Gasteiger partial charge on any atom is -0.206 e. The number of halogens is 3. The van der Waals surface area contributed by atoms with E-state index in [1.807, 2.05) is 13.8 Å². The van der Waals surface area contributed by atoms with E-state index in [2.05, 4.69) is 15.9 Å². The Balaban J connectivity index is 3.28. The maximum absolute atomic E-state index is 13.1. The SMILES string of the molecule is CC(C)c1cc(Cl)cc(F)c1Br. The molecule has 0 saturated heterocycles. The Kier molecular flexibility index (Phi) is 3.13. The summed E-state index contributed by atoms with van der Waals surface area (Å²) >= 11 is 8.89. The van der Waals surface area contributed by atoms with Gasteiger partial charge < -0.3 is 0 Å². The maximum Gasteiger partial charge on any atom is 0.139 e. The second kappa shape index (κ2) is 3.75. The molecule has 0 aromatic heterocycles. The molecule has 3 heteroatoms. The topological polar surface area (TPSA) is 0 Å². The average molecular weight is 252 g/mol. The van der Waals surface area contributed by atoms with E-state index < -0.39 is 0 Å². The Bertz CT molecular complexity index is 297. The fourth-order valence-corrected chi connectivity index (χ4v) is 1.90. The van der Waals surface area contributed by atoms with Crippen LogP contribution in [0.5, 0.6) is 0 Å². The molecule has 0 fully saturated rings. The highest BCUT2D eigenvalue weighted by molar-refractivity contribution is 9.10. The van der Waals surface area contributed by atoms with Crippen molar-refractivity contribution in [3.8, 4) is 0 Å². The van der Waals surface area contributed by atoms with Gasteiger partial charge in [0.05, 0.1) is 4.47 Å². The lowest BCUT2D eigenvalue weighted by Gasteiger charge is -2.09. The minimum atomic E-state index is -0.300. The van der Waals surface area contributed by atoms with Gasteiger partial charge in [-0.25, -0.2) is 4.39 Å². The van der Waals surface area contributed by atoms with Crippen molar-refractivity contribution in [1.29, 1.82) is 0 Å². The molecule has 0 saturated carbocycles. The highest BCUT2D eigenvalue weighted by Gasteiger charge is 2.10. The van der Waals surface area contributed by atoms with Crippen LogP contribution in [0.2, 0.25) is 5.02 Å². The molecular weight excluding hydrogens is 242 g/mol. The predicted molar refractivity (Wildman–Crippen MR) is 53.2 cm³/mol. The molecular formula is C9H9BrClF. The van der Waals surface area contributed by atoms with Crippen LogP contribution in [0.1, 0.15) is 25.3 Å². The number of rotatable bonds is 1. The average Bonchev–Trinajstić information content (AvgIpc) is 1.96. The molecule has 1 rings (SSSR count). The van der Waals surface area contributed by atoms with Gasteiger partial charge in [-0.15, -0.1) is 0 Å². The molecule has 0 spiro atoms. The molecule has 0 atom stereocenters. The number of hydrogen-bond donors (Lipinski definition) is 0. The summed E-state index contributed by atoms with van der Waals surface area (Å²) in [6.07, 6.45) is 0. The number of benzene rings is 1.